The van der Waals surface area contributed by atoms with E-state index >= 15 is 0 Å². The Bertz CT molecular complexity index is 552. The van der Waals surface area contributed by atoms with Crippen molar-refractivity contribution in [3.05, 3.63) is 50.4 Å². The summed E-state index contributed by atoms with van der Waals surface area (Å²) in [5.74, 6) is 0. The molecule has 0 radical (unpaired) electrons. The lowest BCUT2D eigenvalue weighted by Gasteiger charge is -2.33. The molecule has 2 aromatic heterocycles. The molecule has 0 aromatic carbocycles. The lowest BCUT2D eigenvalue weighted by Crippen LogP contribution is -2.32. The highest BCUT2D eigenvalue weighted by molar-refractivity contribution is 9.10. The normalized spacial score (nSPS) is 19.8. The summed E-state index contributed by atoms with van der Waals surface area (Å²) in [5.41, 5.74) is 2.78. The average Bonchev–Trinajstić information content (AvgIpc) is 2.82. The molecule has 1 atom stereocenters. The minimum absolute atomic E-state index is 0.513. The molecule has 18 heavy (non-hydrogen) atoms. The van der Waals surface area contributed by atoms with Gasteiger partial charge in [0, 0.05) is 40.9 Å². The first kappa shape index (κ1) is 12.3. The molecule has 2 aromatic rings. The minimum atomic E-state index is 0.513. The van der Waals surface area contributed by atoms with Gasteiger partial charge in [0.25, 0.3) is 0 Å². The maximum absolute atomic E-state index is 4.24. The highest BCUT2D eigenvalue weighted by Gasteiger charge is 2.24. The summed E-state index contributed by atoms with van der Waals surface area (Å²) in [6, 6.07) is 4.94. The number of nitrogens with zero attached hydrogens (tertiary/aromatic N) is 2. The van der Waals surface area contributed by atoms with E-state index < -0.39 is 0 Å². The number of pyridine rings is 1. The molecule has 1 aliphatic rings. The fourth-order valence-corrected chi connectivity index (χ4v) is 3.93. The first-order chi connectivity index (χ1) is 8.74. The van der Waals surface area contributed by atoms with Gasteiger partial charge >= 0.3 is 0 Å². The highest BCUT2D eigenvalue weighted by atomic mass is 79.9. The maximum atomic E-state index is 4.24. The van der Waals surface area contributed by atoms with Gasteiger partial charge < -0.3 is 0 Å². The van der Waals surface area contributed by atoms with Crippen molar-refractivity contribution in [3.63, 3.8) is 0 Å². The summed E-state index contributed by atoms with van der Waals surface area (Å²) in [5, 5.41) is 2.21. The van der Waals surface area contributed by atoms with Gasteiger partial charge in [-0.3, -0.25) is 9.88 Å². The van der Waals surface area contributed by atoms with Gasteiger partial charge in [-0.15, -0.1) is 11.3 Å². The van der Waals surface area contributed by atoms with Crippen molar-refractivity contribution >= 4 is 27.3 Å². The Hall–Kier alpha value is -0.710. The monoisotopic (exact) mass is 322 g/mol. The van der Waals surface area contributed by atoms with E-state index in [0.29, 0.717) is 6.04 Å². The molecular formula is C14H15BrN2S. The Morgan fingerprint density at radius 1 is 1.50 bits per heavy atom. The van der Waals surface area contributed by atoms with Crippen LogP contribution in [0.1, 0.15) is 29.0 Å². The summed E-state index contributed by atoms with van der Waals surface area (Å²) in [7, 11) is 0. The van der Waals surface area contributed by atoms with Crippen LogP contribution in [-0.2, 0) is 13.0 Å². The Morgan fingerprint density at radius 2 is 2.39 bits per heavy atom. The molecule has 3 rings (SSSR count). The van der Waals surface area contributed by atoms with Crippen molar-refractivity contribution in [2.24, 2.45) is 0 Å². The van der Waals surface area contributed by atoms with Crippen molar-refractivity contribution in [3.8, 4) is 0 Å². The lowest BCUT2D eigenvalue weighted by atomic mass is 10.0. The average molecular weight is 323 g/mol. The molecule has 4 heteroatoms. The van der Waals surface area contributed by atoms with Crippen LogP contribution in [-0.4, -0.2) is 16.4 Å². The highest BCUT2D eigenvalue weighted by Crippen LogP contribution is 2.33. The predicted molar refractivity (Wildman–Crippen MR) is 78.8 cm³/mol. The third-order valence-electron chi connectivity index (χ3n) is 3.55. The zero-order valence-electron chi connectivity index (χ0n) is 10.3. The van der Waals surface area contributed by atoms with Crippen LogP contribution in [0.5, 0.6) is 0 Å². The molecule has 0 spiro atoms. The van der Waals surface area contributed by atoms with Crippen LogP contribution in [0.4, 0.5) is 0 Å². The second-order valence-electron chi connectivity index (χ2n) is 4.71. The Labute approximate surface area is 120 Å². The molecule has 0 N–H and O–H groups in total. The van der Waals surface area contributed by atoms with E-state index in [-0.39, 0.29) is 0 Å². The predicted octanol–water partition coefficient (Wildman–Crippen LogP) is 4.02. The number of fused-ring (bicyclic) bond motifs is 1. The van der Waals surface area contributed by atoms with Crippen molar-refractivity contribution in [2.75, 3.05) is 6.54 Å². The molecule has 0 bridgehead atoms. The molecule has 0 fully saturated rings. The van der Waals surface area contributed by atoms with Gasteiger partial charge in [0.05, 0.1) is 0 Å². The molecule has 0 saturated heterocycles. The minimum Gasteiger partial charge on any atom is -0.292 e. The summed E-state index contributed by atoms with van der Waals surface area (Å²) in [4.78, 5) is 8.33. The molecule has 1 aliphatic heterocycles. The third-order valence-corrected chi connectivity index (χ3v) is 4.98. The summed E-state index contributed by atoms with van der Waals surface area (Å²) >= 11 is 5.38. The van der Waals surface area contributed by atoms with Gasteiger partial charge in [0.15, 0.2) is 0 Å². The fraction of sp³-hybridized carbons (Fsp3) is 0.357. The van der Waals surface area contributed by atoms with Crippen LogP contribution >= 0.6 is 27.3 Å². The fourth-order valence-electron chi connectivity index (χ4n) is 2.55. The van der Waals surface area contributed by atoms with Crippen LogP contribution in [0.25, 0.3) is 0 Å². The maximum Gasteiger partial charge on any atom is 0.0410 e. The molecule has 94 valence electrons. The molecular weight excluding hydrogens is 308 g/mol. The smallest absolute Gasteiger partial charge is 0.0410 e. The number of thiophene rings is 1. The van der Waals surface area contributed by atoms with E-state index in [1.54, 1.807) is 4.88 Å². The van der Waals surface area contributed by atoms with E-state index in [9.17, 15) is 0 Å². The molecule has 0 amide bonds. The Morgan fingerprint density at radius 3 is 3.22 bits per heavy atom. The van der Waals surface area contributed by atoms with Crippen molar-refractivity contribution in [1.82, 2.24) is 9.88 Å². The largest absolute Gasteiger partial charge is 0.292 e. The zero-order valence-corrected chi connectivity index (χ0v) is 12.7. The number of hydrogen-bond donors (Lipinski definition) is 0. The number of halogens is 1. The molecule has 0 aliphatic carbocycles. The van der Waals surface area contributed by atoms with Gasteiger partial charge in [-0.1, -0.05) is 0 Å². The van der Waals surface area contributed by atoms with Gasteiger partial charge in [-0.05, 0) is 57.9 Å². The van der Waals surface area contributed by atoms with E-state index in [0.717, 1.165) is 17.6 Å². The first-order valence-corrected chi connectivity index (χ1v) is 7.81. The molecule has 3 heterocycles. The van der Waals surface area contributed by atoms with Crippen molar-refractivity contribution in [1.29, 1.82) is 0 Å². The van der Waals surface area contributed by atoms with Crippen molar-refractivity contribution < 1.29 is 0 Å². The zero-order chi connectivity index (χ0) is 12.5. The van der Waals surface area contributed by atoms with Gasteiger partial charge in [0.2, 0.25) is 0 Å². The second kappa shape index (κ2) is 5.11. The second-order valence-corrected chi connectivity index (χ2v) is 6.62. The molecule has 2 nitrogen and oxygen atoms in total. The van der Waals surface area contributed by atoms with E-state index in [2.05, 4.69) is 50.3 Å². The van der Waals surface area contributed by atoms with E-state index in [4.69, 9.17) is 0 Å². The van der Waals surface area contributed by atoms with Gasteiger partial charge in [-0.25, -0.2) is 0 Å². The molecule has 0 saturated carbocycles. The summed E-state index contributed by atoms with van der Waals surface area (Å²) in [6.45, 7) is 4.42. The van der Waals surface area contributed by atoms with E-state index in [1.165, 1.54) is 17.5 Å². The lowest BCUT2D eigenvalue weighted by molar-refractivity contribution is 0.191. The van der Waals surface area contributed by atoms with Crippen LogP contribution in [0.2, 0.25) is 0 Å². The quantitative estimate of drug-likeness (QED) is 0.830. The first-order valence-electron chi connectivity index (χ1n) is 6.14. The molecule has 1 unspecified atom stereocenters. The number of hydrogen-bond acceptors (Lipinski definition) is 3. The Kier molecular flexibility index (Phi) is 3.50. The van der Waals surface area contributed by atoms with E-state index in [1.807, 2.05) is 23.7 Å². The van der Waals surface area contributed by atoms with Gasteiger partial charge in [-0.2, -0.15) is 0 Å². The van der Waals surface area contributed by atoms with Crippen LogP contribution < -0.4 is 0 Å². The summed E-state index contributed by atoms with van der Waals surface area (Å²) < 4.78 is 1.06. The SMILES string of the molecule is CC1c2ccsc2CCN1Cc1cncc(Br)c1. The topological polar surface area (TPSA) is 16.1 Å². The standard InChI is InChI=1S/C14H15BrN2S/c1-10-13-3-5-18-14(13)2-4-17(10)9-11-6-12(15)8-16-7-11/h3,5-8,10H,2,4,9H2,1H3. The number of rotatable bonds is 2. The van der Waals surface area contributed by atoms with Crippen molar-refractivity contribution in [2.45, 2.75) is 25.9 Å². The third kappa shape index (κ3) is 2.37. The summed E-state index contributed by atoms with van der Waals surface area (Å²) in [6.07, 6.45) is 4.97. The Balaban J connectivity index is 1.79. The van der Waals surface area contributed by atoms with Crippen LogP contribution in [0, 0.1) is 0 Å². The van der Waals surface area contributed by atoms with Gasteiger partial charge in [0.1, 0.15) is 0 Å². The van der Waals surface area contributed by atoms with Crippen LogP contribution in [0.3, 0.4) is 0 Å². The van der Waals surface area contributed by atoms with Crippen LogP contribution in [0.15, 0.2) is 34.4 Å². The number of aromatic nitrogens is 1.